The molecule has 4 rings (SSSR count). The third-order valence-corrected chi connectivity index (χ3v) is 4.38. The van der Waals surface area contributed by atoms with E-state index in [2.05, 4.69) is 15.6 Å². The molecule has 0 aliphatic heterocycles. The first-order valence-corrected chi connectivity index (χ1v) is 9.14. The van der Waals surface area contributed by atoms with Crippen molar-refractivity contribution in [3.63, 3.8) is 0 Å². The quantitative estimate of drug-likeness (QED) is 0.488. The van der Waals surface area contributed by atoms with Crippen LogP contribution in [0.15, 0.2) is 77.2 Å². The Labute approximate surface area is 167 Å². The fourth-order valence-electron chi connectivity index (χ4n) is 2.83. The minimum atomic E-state index is -0.263. The van der Waals surface area contributed by atoms with Crippen molar-refractivity contribution in [2.24, 2.45) is 0 Å². The third kappa shape index (κ3) is 3.92. The summed E-state index contributed by atoms with van der Waals surface area (Å²) < 4.78 is 5.90. The molecule has 138 valence electrons. The SMILES string of the molecule is Cc1cccc(-c2nc3ccc(NC(=S)NC(=O)c4ccccc4)cc3o2)c1. The van der Waals surface area contributed by atoms with Crippen molar-refractivity contribution < 1.29 is 9.21 Å². The van der Waals surface area contributed by atoms with E-state index in [-0.39, 0.29) is 11.0 Å². The second kappa shape index (κ2) is 7.62. The van der Waals surface area contributed by atoms with Crippen molar-refractivity contribution in [3.05, 3.63) is 83.9 Å². The zero-order valence-corrected chi connectivity index (χ0v) is 15.9. The summed E-state index contributed by atoms with van der Waals surface area (Å²) >= 11 is 5.24. The van der Waals surface area contributed by atoms with Crippen LogP contribution in [0.25, 0.3) is 22.6 Å². The van der Waals surface area contributed by atoms with Crippen LogP contribution in [0.1, 0.15) is 15.9 Å². The summed E-state index contributed by atoms with van der Waals surface area (Å²) in [6.07, 6.45) is 0. The molecule has 0 fully saturated rings. The van der Waals surface area contributed by atoms with E-state index >= 15 is 0 Å². The molecule has 2 N–H and O–H groups in total. The molecule has 0 radical (unpaired) electrons. The maximum absolute atomic E-state index is 12.2. The number of carbonyl (C=O) groups excluding carboxylic acids is 1. The van der Waals surface area contributed by atoms with Crippen LogP contribution in [-0.4, -0.2) is 16.0 Å². The average Bonchev–Trinajstić information content (AvgIpc) is 3.12. The molecular weight excluding hydrogens is 370 g/mol. The standard InChI is InChI=1S/C22H17N3O2S/c1-14-6-5-9-16(12-14)21-24-18-11-10-17(13-19(18)27-21)23-22(28)25-20(26)15-7-3-2-4-8-15/h2-13H,1H3,(H2,23,25,26,28). The third-order valence-electron chi connectivity index (χ3n) is 4.17. The first-order valence-electron chi connectivity index (χ1n) is 8.73. The lowest BCUT2D eigenvalue weighted by atomic mass is 10.1. The summed E-state index contributed by atoms with van der Waals surface area (Å²) in [7, 11) is 0. The first-order chi connectivity index (χ1) is 13.6. The number of benzene rings is 3. The van der Waals surface area contributed by atoms with Crippen LogP contribution in [0.5, 0.6) is 0 Å². The predicted molar refractivity (Wildman–Crippen MR) is 114 cm³/mol. The molecule has 0 spiro atoms. The molecule has 0 aliphatic carbocycles. The molecule has 0 atom stereocenters. The van der Waals surface area contributed by atoms with Gasteiger partial charge >= 0.3 is 0 Å². The molecule has 0 bridgehead atoms. The predicted octanol–water partition coefficient (Wildman–Crippen LogP) is 4.93. The number of amides is 1. The number of nitrogens with zero attached hydrogens (tertiary/aromatic N) is 1. The highest BCUT2D eigenvalue weighted by Gasteiger charge is 2.11. The van der Waals surface area contributed by atoms with Gasteiger partial charge < -0.3 is 9.73 Å². The molecule has 1 amide bonds. The van der Waals surface area contributed by atoms with Gasteiger partial charge in [-0.15, -0.1) is 0 Å². The van der Waals surface area contributed by atoms with Gasteiger partial charge in [0.1, 0.15) is 5.52 Å². The number of thiocarbonyl (C=S) groups is 1. The maximum Gasteiger partial charge on any atom is 0.257 e. The highest BCUT2D eigenvalue weighted by molar-refractivity contribution is 7.80. The van der Waals surface area contributed by atoms with Gasteiger partial charge in [0, 0.05) is 22.9 Å². The summed E-state index contributed by atoms with van der Waals surface area (Å²) in [6, 6.07) is 22.4. The number of aryl methyl sites for hydroxylation is 1. The minimum Gasteiger partial charge on any atom is -0.436 e. The van der Waals surface area contributed by atoms with Gasteiger partial charge in [-0.05, 0) is 55.5 Å². The van der Waals surface area contributed by atoms with E-state index in [4.69, 9.17) is 16.6 Å². The molecule has 1 aromatic heterocycles. The molecule has 28 heavy (non-hydrogen) atoms. The van der Waals surface area contributed by atoms with Gasteiger partial charge in [0.25, 0.3) is 5.91 Å². The van der Waals surface area contributed by atoms with Crippen LogP contribution < -0.4 is 10.6 Å². The minimum absolute atomic E-state index is 0.214. The number of hydrogen-bond acceptors (Lipinski definition) is 4. The lowest BCUT2D eigenvalue weighted by molar-refractivity contribution is 0.0977. The summed E-state index contributed by atoms with van der Waals surface area (Å²) in [4.78, 5) is 16.7. The fourth-order valence-corrected chi connectivity index (χ4v) is 3.04. The van der Waals surface area contributed by atoms with Crippen molar-refractivity contribution >= 4 is 40.0 Å². The number of carbonyl (C=O) groups is 1. The number of nitrogens with one attached hydrogen (secondary N) is 2. The molecule has 1 heterocycles. The molecular formula is C22H17N3O2S. The maximum atomic E-state index is 12.2. The van der Waals surface area contributed by atoms with Crippen molar-refractivity contribution in [3.8, 4) is 11.5 Å². The first kappa shape index (κ1) is 17.9. The highest BCUT2D eigenvalue weighted by Crippen LogP contribution is 2.26. The number of hydrogen-bond donors (Lipinski definition) is 2. The molecule has 5 nitrogen and oxygen atoms in total. The monoisotopic (exact) mass is 387 g/mol. The van der Waals surface area contributed by atoms with E-state index < -0.39 is 0 Å². The number of rotatable bonds is 3. The van der Waals surface area contributed by atoms with Gasteiger partial charge in [0.2, 0.25) is 5.89 Å². The van der Waals surface area contributed by atoms with Gasteiger partial charge in [-0.3, -0.25) is 10.1 Å². The fraction of sp³-hybridized carbons (Fsp3) is 0.0455. The van der Waals surface area contributed by atoms with Gasteiger partial charge in [-0.1, -0.05) is 35.9 Å². The molecule has 6 heteroatoms. The zero-order valence-electron chi connectivity index (χ0n) is 15.1. The Morgan fingerprint density at radius 1 is 1.00 bits per heavy atom. The Balaban J connectivity index is 1.50. The van der Waals surface area contributed by atoms with Crippen LogP contribution in [0, 0.1) is 6.92 Å². The second-order valence-electron chi connectivity index (χ2n) is 6.35. The van der Waals surface area contributed by atoms with Crippen LogP contribution in [0.2, 0.25) is 0 Å². The summed E-state index contributed by atoms with van der Waals surface area (Å²) in [6.45, 7) is 2.03. The van der Waals surface area contributed by atoms with E-state index in [1.165, 1.54) is 0 Å². The number of anilines is 1. The molecule has 0 saturated heterocycles. The number of fused-ring (bicyclic) bond motifs is 1. The summed E-state index contributed by atoms with van der Waals surface area (Å²) in [5, 5.41) is 5.88. The van der Waals surface area contributed by atoms with Gasteiger partial charge in [-0.2, -0.15) is 0 Å². The molecule has 0 aliphatic rings. The molecule has 4 aromatic rings. The van der Waals surface area contributed by atoms with Gasteiger partial charge in [0.05, 0.1) is 0 Å². The summed E-state index contributed by atoms with van der Waals surface area (Å²) in [5.74, 6) is 0.302. The van der Waals surface area contributed by atoms with Crippen molar-refractivity contribution in [1.82, 2.24) is 10.3 Å². The van der Waals surface area contributed by atoms with E-state index in [0.717, 1.165) is 16.6 Å². The Bertz CT molecular complexity index is 1170. The Morgan fingerprint density at radius 2 is 1.82 bits per heavy atom. The average molecular weight is 387 g/mol. The zero-order chi connectivity index (χ0) is 19.5. The van der Waals surface area contributed by atoms with Crippen LogP contribution >= 0.6 is 12.2 Å². The van der Waals surface area contributed by atoms with Crippen molar-refractivity contribution in [2.45, 2.75) is 6.92 Å². The Hall–Kier alpha value is -3.51. The lowest BCUT2D eigenvalue weighted by Gasteiger charge is -2.09. The van der Waals surface area contributed by atoms with Gasteiger partial charge in [-0.25, -0.2) is 4.98 Å². The van der Waals surface area contributed by atoms with E-state index in [0.29, 0.717) is 22.7 Å². The van der Waals surface area contributed by atoms with Crippen LogP contribution in [0.4, 0.5) is 5.69 Å². The smallest absolute Gasteiger partial charge is 0.257 e. The highest BCUT2D eigenvalue weighted by atomic mass is 32.1. The van der Waals surface area contributed by atoms with Crippen molar-refractivity contribution in [2.75, 3.05) is 5.32 Å². The van der Waals surface area contributed by atoms with Crippen LogP contribution in [0.3, 0.4) is 0 Å². The normalized spacial score (nSPS) is 10.6. The number of aromatic nitrogens is 1. The molecule has 0 unspecified atom stereocenters. The Kier molecular flexibility index (Phi) is 4.87. The van der Waals surface area contributed by atoms with E-state index in [1.807, 2.05) is 55.5 Å². The summed E-state index contributed by atoms with van der Waals surface area (Å²) in [5.41, 5.74) is 4.70. The van der Waals surface area contributed by atoms with E-state index in [9.17, 15) is 4.79 Å². The Morgan fingerprint density at radius 3 is 2.61 bits per heavy atom. The topological polar surface area (TPSA) is 67.2 Å². The molecule has 0 saturated carbocycles. The lowest BCUT2D eigenvalue weighted by Crippen LogP contribution is -2.34. The van der Waals surface area contributed by atoms with Crippen LogP contribution in [-0.2, 0) is 0 Å². The van der Waals surface area contributed by atoms with Gasteiger partial charge in [0.15, 0.2) is 10.7 Å². The number of oxazole rings is 1. The van der Waals surface area contributed by atoms with E-state index in [1.54, 1.807) is 24.3 Å². The largest absolute Gasteiger partial charge is 0.436 e. The van der Waals surface area contributed by atoms with Crippen molar-refractivity contribution in [1.29, 1.82) is 0 Å². The second-order valence-corrected chi connectivity index (χ2v) is 6.75. The molecule has 3 aromatic carbocycles.